The number of amides is 1. The van der Waals surface area contributed by atoms with Crippen molar-refractivity contribution in [2.75, 3.05) is 10.6 Å². The normalized spacial score (nSPS) is 17.8. The van der Waals surface area contributed by atoms with Gasteiger partial charge in [0.15, 0.2) is 0 Å². The van der Waals surface area contributed by atoms with E-state index in [-0.39, 0.29) is 0 Å². The summed E-state index contributed by atoms with van der Waals surface area (Å²) >= 11 is 0. The van der Waals surface area contributed by atoms with Gasteiger partial charge < -0.3 is 10.6 Å². The molecule has 0 atom stereocenters. The highest BCUT2D eigenvalue weighted by Gasteiger charge is 2.41. The van der Waals surface area contributed by atoms with Gasteiger partial charge in [-0.25, -0.2) is 4.39 Å². The molecule has 0 spiro atoms. The summed E-state index contributed by atoms with van der Waals surface area (Å²) in [4.78, 5) is 11.6. The number of halogens is 4. The number of fused-ring (bicyclic) bond motifs is 1. The molecule has 98 valence electrons. The maximum Gasteiger partial charge on any atom is 0.418 e. The van der Waals surface area contributed by atoms with E-state index in [4.69, 9.17) is 0 Å². The molecule has 7 heteroatoms. The maximum atomic E-state index is 13.4. The molecular formula is C11H10F4N2O. The Balaban J connectivity index is 2.65. The topological polar surface area (TPSA) is 41.1 Å². The first kappa shape index (κ1) is 12.7. The van der Waals surface area contributed by atoms with E-state index in [1.165, 1.54) is 13.8 Å². The zero-order chi connectivity index (χ0) is 13.7. The number of hydrogen-bond donors (Lipinski definition) is 2. The molecule has 0 saturated heterocycles. The van der Waals surface area contributed by atoms with Gasteiger partial charge in [-0.05, 0) is 26.0 Å². The number of hydrogen-bond acceptors (Lipinski definition) is 2. The number of rotatable bonds is 0. The molecule has 18 heavy (non-hydrogen) atoms. The van der Waals surface area contributed by atoms with Gasteiger partial charge in [-0.1, -0.05) is 0 Å². The molecule has 0 saturated carbocycles. The van der Waals surface area contributed by atoms with Gasteiger partial charge in [0.2, 0.25) is 5.91 Å². The average molecular weight is 262 g/mol. The SMILES string of the molecule is CC1(C)Nc2c(C(F)(F)F)ccc(F)c2NC1=O. The fraction of sp³-hybridized carbons (Fsp3) is 0.364. The van der Waals surface area contributed by atoms with Crippen molar-refractivity contribution < 1.29 is 22.4 Å². The molecule has 1 aliphatic rings. The highest BCUT2D eigenvalue weighted by atomic mass is 19.4. The van der Waals surface area contributed by atoms with Gasteiger partial charge in [0.25, 0.3) is 0 Å². The zero-order valence-electron chi connectivity index (χ0n) is 9.57. The standard InChI is InChI=1S/C11H10F4N2O/c1-10(2)9(18)16-8-6(12)4-3-5(7(8)17-10)11(13,14)15/h3-4,17H,1-2H3,(H,16,18). The fourth-order valence-electron chi connectivity index (χ4n) is 1.70. The lowest BCUT2D eigenvalue weighted by Gasteiger charge is -2.34. The third kappa shape index (κ3) is 1.89. The van der Waals surface area contributed by atoms with Gasteiger partial charge in [-0.15, -0.1) is 0 Å². The summed E-state index contributed by atoms with van der Waals surface area (Å²) in [7, 11) is 0. The van der Waals surface area contributed by atoms with Crippen LogP contribution in [0.25, 0.3) is 0 Å². The lowest BCUT2D eigenvalue weighted by Crippen LogP contribution is -2.48. The monoisotopic (exact) mass is 262 g/mol. The van der Waals surface area contributed by atoms with Crippen molar-refractivity contribution in [3.8, 4) is 0 Å². The second kappa shape index (κ2) is 3.60. The first-order valence-electron chi connectivity index (χ1n) is 5.12. The molecule has 1 heterocycles. The first-order chi connectivity index (χ1) is 8.13. The molecule has 0 aliphatic carbocycles. The summed E-state index contributed by atoms with van der Waals surface area (Å²) in [6.45, 7) is 2.83. The second-order valence-electron chi connectivity index (χ2n) is 4.55. The number of alkyl halides is 3. The highest BCUT2D eigenvalue weighted by Crippen LogP contribution is 2.43. The van der Waals surface area contributed by atoms with Crippen LogP contribution >= 0.6 is 0 Å². The zero-order valence-corrected chi connectivity index (χ0v) is 9.57. The Morgan fingerprint density at radius 2 is 1.78 bits per heavy atom. The number of anilines is 2. The molecule has 1 amide bonds. The van der Waals surface area contributed by atoms with Crippen LogP contribution < -0.4 is 10.6 Å². The number of carbonyl (C=O) groups excluding carboxylic acids is 1. The largest absolute Gasteiger partial charge is 0.418 e. The predicted molar refractivity (Wildman–Crippen MR) is 57.7 cm³/mol. The molecule has 3 nitrogen and oxygen atoms in total. The average Bonchev–Trinajstić information content (AvgIpc) is 2.19. The van der Waals surface area contributed by atoms with Gasteiger partial charge in [0, 0.05) is 0 Å². The minimum Gasteiger partial charge on any atom is -0.369 e. The first-order valence-corrected chi connectivity index (χ1v) is 5.12. The molecule has 2 rings (SSSR count). The summed E-state index contributed by atoms with van der Waals surface area (Å²) in [5.74, 6) is -1.50. The van der Waals surface area contributed by atoms with E-state index in [0.29, 0.717) is 12.1 Å². The Morgan fingerprint density at radius 1 is 1.17 bits per heavy atom. The lowest BCUT2D eigenvalue weighted by molar-refractivity contribution is -0.137. The van der Waals surface area contributed by atoms with Gasteiger partial charge in [-0.2, -0.15) is 13.2 Å². The lowest BCUT2D eigenvalue weighted by atomic mass is 9.97. The summed E-state index contributed by atoms with van der Waals surface area (Å²) in [6, 6.07) is 1.33. The summed E-state index contributed by atoms with van der Waals surface area (Å²) in [5, 5.41) is 4.58. The van der Waals surface area contributed by atoms with E-state index in [2.05, 4.69) is 10.6 Å². The smallest absolute Gasteiger partial charge is 0.369 e. The summed E-state index contributed by atoms with van der Waals surface area (Å²) in [5.41, 5.74) is -3.14. The van der Waals surface area contributed by atoms with Gasteiger partial charge in [0.1, 0.15) is 17.0 Å². The third-order valence-electron chi connectivity index (χ3n) is 2.70. The summed E-state index contributed by atoms with van der Waals surface area (Å²) in [6.07, 6.45) is -4.62. The van der Waals surface area contributed by atoms with Crippen molar-refractivity contribution >= 4 is 17.3 Å². The molecule has 1 aliphatic heterocycles. The van der Waals surface area contributed by atoms with Crippen molar-refractivity contribution in [3.63, 3.8) is 0 Å². The van der Waals surface area contributed by atoms with Gasteiger partial charge >= 0.3 is 6.18 Å². The molecule has 0 aromatic heterocycles. The van der Waals surface area contributed by atoms with Crippen LogP contribution in [0.1, 0.15) is 19.4 Å². The minimum absolute atomic E-state index is 0.438. The van der Waals surface area contributed by atoms with Gasteiger partial charge in [0.05, 0.1) is 11.3 Å². The van der Waals surface area contributed by atoms with Crippen LogP contribution in [0.3, 0.4) is 0 Å². The van der Waals surface area contributed by atoms with Crippen LogP contribution in [-0.2, 0) is 11.0 Å². The second-order valence-corrected chi connectivity index (χ2v) is 4.55. The highest BCUT2D eigenvalue weighted by molar-refractivity contribution is 6.06. The number of benzene rings is 1. The van der Waals surface area contributed by atoms with Crippen molar-refractivity contribution in [2.24, 2.45) is 0 Å². The van der Waals surface area contributed by atoms with Crippen molar-refractivity contribution in [1.29, 1.82) is 0 Å². The Kier molecular flexibility index (Phi) is 2.53. The van der Waals surface area contributed by atoms with Crippen LogP contribution in [0.5, 0.6) is 0 Å². The molecule has 0 fully saturated rings. The van der Waals surface area contributed by atoms with Crippen LogP contribution in [0.4, 0.5) is 28.9 Å². The Hall–Kier alpha value is -1.79. The van der Waals surface area contributed by atoms with Crippen molar-refractivity contribution in [1.82, 2.24) is 0 Å². The predicted octanol–water partition coefficient (Wildman–Crippen LogP) is 2.99. The molecular weight excluding hydrogens is 252 g/mol. The van der Waals surface area contributed by atoms with Crippen molar-refractivity contribution in [2.45, 2.75) is 25.6 Å². The number of nitrogens with one attached hydrogen (secondary N) is 2. The van der Waals surface area contributed by atoms with E-state index in [1.807, 2.05) is 0 Å². The van der Waals surface area contributed by atoms with Crippen LogP contribution in [-0.4, -0.2) is 11.4 Å². The van der Waals surface area contributed by atoms with Gasteiger partial charge in [-0.3, -0.25) is 4.79 Å². The molecule has 0 unspecified atom stereocenters. The Morgan fingerprint density at radius 3 is 2.33 bits per heavy atom. The Bertz CT molecular complexity index is 523. The number of carbonyl (C=O) groups is 1. The van der Waals surface area contributed by atoms with E-state index in [1.54, 1.807) is 0 Å². The van der Waals surface area contributed by atoms with E-state index in [9.17, 15) is 22.4 Å². The molecule has 0 bridgehead atoms. The Labute approximate surface area is 100 Å². The van der Waals surface area contributed by atoms with Crippen molar-refractivity contribution in [3.05, 3.63) is 23.5 Å². The molecule has 2 N–H and O–H groups in total. The summed E-state index contributed by atoms with van der Waals surface area (Å²) < 4.78 is 51.8. The molecule has 1 aromatic rings. The van der Waals surface area contributed by atoms with E-state index < -0.39 is 40.4 Å². The van der Waals surface area contributed by atoms with Crippen LogP contribution in [0, 0.1) is 5.82 Å². The quantitative estimate of drug-likeness (QED) is 0.706. The van der Waals surface area contributed by atoms with E-state index >= 15 is 0 Å². The molecule has 1 aromatic carbocycles. The fourth-order valence-corrected chi connectivity index (χ4v) is 1.70. The van der Waals surface area contributed by atoms with Crippen LogP contribution in [0.2, 0.25) is 0 Å². The maximum absolute atomic E-state index is 13.4. The molecule has 0 radical (unpaired) electrons. The third-order valence-corrected chi connectivity index (χ3v) is 2.70. The van der Waals surface area contributed by atoms with E-state index in [0.717, 1.165) is 0 Å². The minimum atomic E-state index is -4.62. The van der Waals surface area contributed by atoms with Crippen LogP contribution in [0.15, 0.2) is 12.1 Å².